The number of likely N-dealkylation sites (N-methyl/N-ethyl adjacent to an activating group) is 1. The molecule has 0 aliphatic carbocycles. The molecule has 0 spiro atoms. The maximum atomic E-state index is 13.2. The van der Waals surface area contributed by atoms with Gasteiger partial charge >= 0.3 is 0 Å². The van der Waals surface area contributed by atoms with Gasteiger partial charge in [-0.25, -0.2) is 0 Å². The molecule has 0 aliphatic heterocycles. The third-order valence-corrected chi connectivity index (χ3v) is 5.41. The normalized spacial score (nSPS) is 12.9. The van der Waals surface area contributed by atoms with Gasteiger partial charge in [0.2, 0.25) is 5.91 Å². The number of amides is 1. The van der Waals surface area contributed by atoms with E-state index in [0.29, 0.717) is 6.61 Å². The van der Waals surface area contributed by atoms with E-state index in [1.807, 2.05) is 73.7 Å². The Balaban J connectivity index is 1.64. The summed E-state index contributed by atoms with van der Waals surface area (Å²) < 4.78 is 5.83. The fraction of sp³-hybridized carbons (Fsp3) is 0.308. The molecule has 5 heteroatoms. The van der Waals surface area contributed by atoms with Crippen LogP contribution in [0.4, 0.5) is 0 Å². The molecule has 0 radical (unpaired) electrons. The van der Waals surface area contributed by atoms with E-state index in [0.717, 1.165) is 35.5 Å². The molecule has 2 aromatic carbocycles. The Morgan fingerprint density at radius 3 is 2.29 bits per heavy atom. The van der Waals surface area contributed by atoms with Crippen molar-refractivity contribution in [3.05, 3.63) is 95.8 Å². The van der Waals surface area contributed by atoms with Gasteiger partial charge in [-0.05, 0) is 49.3 Å². The van der Waals surface area contributed by atoms with Crippen LogP contribution >= 0.6 is 0 Å². The van der Waals surface area contributed by atoms with E-state index in [4.69, 9.17) is 4.74 Å². The van der Waals surface area contributed by atoms with Crippen LogP contribution in [-0.2, 0) is 11.4 Å². The maximum Gasteiger partial charge on any atom is 0.242 e. The third kappa shape index (κ3) is 6.15. The fourth-order valence-electron chi connectivity index (χ4n) is 3.63. The van der Waals surface area contributed by atoms with Crippen molar-refractivity contribution in [2.75, 3.05) is 13.1 Å². The molecule has 0 bridgehead atoms. The molecule has 0 aliphatic rings. The molecule has 31 heavy (non-hydrogen) atoms. The van der Waals surface area contributed by atoms with Gasteiger partial charge in [0.1, 0.15) is 18.4 Å². The molecule has 0 saturated heterocycles. The molecule has 0 fully saturated rings. The number of nitrogens with one attached hydrogen (secondary N) is 1. The molecule has 2 atom stereocenters. The predicted molar refractivity (Wildman–Crippen MR) is 124 cm³/mol. The predicted octanol–water partition coefficient (Wildman–Crippen LogP) is 4.92. The van der Waals surface area contributed by atoms with Gasteiger partial charge in [-0.15, -0.1) is 0 Å². The van der Waals surface area contributed by atoms with Crippen LogP contribution in [0.25, 0.3) is 0 Å². The molecule has 2 unspecified atom stereocenters. The van der Waals surface area contributed by atoms with Crippen molar-refractivity contribution in [2.45, 2.75) is 39.5 Å². The lowest BCUT2D eigenvalue weighted by atomic mass is 10.0. The molecule has 1 aromatic heterocycles. The van der Waals surface area contributed by atoms with Gasteiger partial charge in [-0.1, -0.05) is 62.4 Å². The van der Waals surface area contributed by atoms with Gasteiger partial charge in [0, 0.05) is 18.0 Å². The Labute approximate surface area is 185 Å². The average molecular weight is 418 g/mol. The first-order chi connectivity index (χ1) is 15.1. The quantitative estimate of drug-likeness (QED) is 0.509. The van der Waals surface area contributed by atoms with Crippen LogP contribution < -0.4 is 10.1 Å². The van der Waals surface area contributed by atoms with Crippen LogP contribution in [0.3, 0.4) is 0 Å². The second kappa shape index (κ2) is 11.3. The molecule has 162 valence electrons. The minimum Gasteiger partial charge on any atom is -0.489 e. The minimum absolute atomic E-state index is 0.0132. The summed E-state index contributed by atoms with van der Waals surface area (Å²) in [6.45, 7) is 8.26. The lowest BCUT2D eigenvalue weighted by Crippen LogP contribution is -2.41. The summed E-state index contributed by atoms with van der Waals surface area (Å²) in [5.74, 6) is 0.802. The van der Waals surface area contributed by atoms with Crippen molar-refractivity contribution in [1.29, 1.82) is 0 Å². The number of hydrogen-bond acceptors (Lipinski definition) is 4. The molecular weight excluding hydrogens is 386 g/mol. The number of pyridine rings is 1. The van der Waals surface area contributed by atoms with Gasteiger partial charge in [0.05, 0.1) is 6.04 Å². The summed E-state index contributed by atoms with van der Waals surface area (Å²) in [4.78, 5) is 19.5. The highest BCUT2D eigenvalue weighted by Gasteiger charge is 2.26. The Bertz CT molecular complexity index is 926. The highest BCUT2D eigenvalue weighted by atomic mass is 16.5. The number of benzene rings is 2. The molecule has 1 amide bonds. The number of aromatic nitrogens is 1. The van der Waals surface area contributed by atoms with E-state index in [2.05, 4.69) is 29.0 Å². The van der Waals surface area contributed by atoms with E-state index in [9.17, 15) is 4.79 Å². The first-order valence-corrected chi connectivity index (χ1v) is 10.8. The van der Waals surface area contributed by atoms with E-state index < -0.39 is 0 Å². The van der Waals surface area contributed by atoms with Crippen molar-refractivity contribution in [3.63, 3.8) is 0 Å². The van der Waals surface area contributed by atoms with Crippen LogP contribution in [0.2, 0.25) is 0 Å². The van der Waals surface area contributed by atoms with E-state index >= 15 is 0 Å². The van der Waals surface area contributed by atoms with Crippen LogP contribution in [0.1, 0.15) is 49.5 Å². The summed E-state index contributed by atoms with van der Waals surface area (Å²) >= 11 is 0. The second-order valence-electron chi connectivity index (χ2n) is 7.48. The van der Waals surface area contributed by atoms with Gasteiger partial charge in [-0.3, -0.25) is 14.7 Å². The molecular formula is C26H31N3O2. The van der Waals surface area contributed by atoms with E-state index in [1.165, 1.54) is 0 Å². The second-order valence-corrected chi connectivity index (χ2v) is 7.48. The van der Waals surface area contributed by atoms with E-state index in [-0.39, 0.29) is 18.0 Å². The number of carbonyl (C=O) groups excluding carboxylic acids is 1. The molecule has 1 N–H and O–H groups in total. The van der Waals surface area contributed by atoms with Crippen LogP contribution in [0.15, 0.2) is 79.1 Å². The summed E-state index contributed by atoms with van der Waals surface area (Å²) in [5.41, 5.74) is 3.07. The maximum absolute atomic E-state index is 13.2. The highest BCUT2D eigenvalue weighted by molar-refractivity contribution is 5.83. The highest BCUT2D eigenvalue weighted by Crippen LogP contribution is 2.23. The smallest absolute Gasteiger partial charge is 0.242 e. The van der Waals surface area contributed by atoms with Crippen LogP contribution in [0.5, 0.6) is 5.75 Å². The SMILES string of the molecule is CCN(CC)C(C(=O)NC(C)c1ccc(OCc2cccnc2)cc1)c1ccccc1. The van der Waals surface area contributed by atoms with Gasteiger partial charge in [0.25, 0.3) is 0 Å². The molecule has 1 heterocycles. The zero-order valence-corrected chi connectivity index (χ0v) is 18.5. The lowest BCUT2D eigenvalue weighted by Gasteiger charge is -2.30. The third-order valence-electron chi connectivity index (χ3n) is 5.41. The zero-order chi connectivity index (χ0) is 22.1. The van der Waals surface area contributed by atoms with Crippen molar-refractivity contribution in [3.8, 4) is 5.75 Å². The van der Waals surface area contributed by atoms with Gasteiger partial charge in [0.15, 0.2) is 0 Å². The Morgan fingerprint density at radius 1 is 0.968 bits per heavy atom. The number of ether oxygens (including phenoxy) is 1. The summed E-state index contributed by atoms with van der Waals surface area (Å²) in [7, 11) is 0. The first kappa shape index (κ1) is 22.5. The fourth-order valence-corrected chi connectivity index (χ4v) is 3.63. The lowest BCUT2D eigenvalue weighted by molar-refractivity contribution is -0.127. The number of hydrogen-bond donors (Lipinski definition) is 1. The zero-order valence-electron chi connectivity index (χ0n) is 18.5. The summed E-state index contributed by atoms with van der Waals surface area (Å²) in [5, 5.41) is 3.19. The summed E-state index contributed by atoms with van der Waals surface area (Å²) in [6, 6.07) is 21.3. The van der Waals surface area contributed by atoms with Crippen molar-refractivity contribution in [1.82, 2.24) is 15.2 Å². The Hall–Kier alpha value is -3.18. The van der Waals surface area contributed by atoms with Crippen molar-refractivity contribution < 1.29 is 9.53 Å². The molecule has 0 saturated carbocycles. The van der Waals surface area contributed by atoms with Crippen molar-refractivity contribution >= 4 is 5.91 Å². The molecule has 3 aromatic rings. The molecule has 5 nitrogen and oxygen atoms in total. The average Bonchev–Trinajstić information content (AvgIpc) is 2.82. The number of rotatable bonds is 10. The van der Waals surface area contributed by atoms with Crippen LogP contribution in [-0.4, -0.2) is 28.9 Å². The van der Waals surface area contributed by atoms with E-state index in [1.54, 1.807) is 12.4 Å². The first-order valence-electron chi connectivity index (χ1n) is 10.8. The minimum atomic E-state index is -0.305. The van der Waals surface area contributed by atoms with Gasteiger partial charge in [-0.2, -0.15) is 0 Å². The Kier molecular flexibility index (Phi) is 8.19. The standard InChI is InChI=1S/C26H31N3O2/c1-4-29(5-2)25(23-11-7-6-8-12-23)26(30)28-20(3)22-13-15-24(16-14-22)31-19-21-10-9-17-27-18-21/h6-18,20,25H,4-5,19H2,1-3H3,(H,28,30). The topological polar surface area (TPSA) is 54.5 Å². The molecule has 3 rings (SSSR count). The number of carbonyl (C=O) groups is 1. The van der Waals surface area contributed by atoms with Crippen LogP contribution in [0, 0.1) is 0 Å². The largest absolute Gasteiger partial charge is 0.489 e. The monoisotopic (exact) mass is 417 g/mol. The Morgan fingerprint density at radius 2 is 1.68 bits per heavy atom. The summed E-state index contributed by atoms with van der Waals surface area (Å²) in [6.07, 6.45) is 3.54. The van der Waals surface area contributed by atoms with Gasteiger partial charge < -0.3 is 10.1 Å². The number of nitrogens with zero attached hydrogens (tertiary/aromatic N) is 2. The van der Waals surface area contributed by atoms with Crippen molar-refractivity contribution in [2.24, 2.45) is 0 Å².